The van der Waals surface area contributed by atoms with Crippen molar-refractivity contribution in [2.45, 2.75) is 6.54 Å². The quantitative estimate of drug-likeness (QED) is 0.814. The molecule has 5 nitrogen and oxygen atoms in total. The predicted octanol–water partition coefficient (Wildman–Crippen LogP) is 0.708. The average Bonchev–Trinajstić information content (AvgIpc) is 2.87. The Morgan fingerprint density at radius 3 is 2.83 bits per heavy atom. The van der Waals surface area contributed by atoms with Gasteiger partial charge in [0.2, 0.25) is 5.91 Å². The molecule has 94 valence electrons. The Bertz CT molecular complexity index is 507. The van der Waals surface area contributed by atoms with Gasteiger partial charge in [0.15, 0.2) is 0 Å². The molecule has 2 aromatic rings. The zero-order valence-electron chi connectivity index (χ0n) is 10.3. The van der Waals surface area contributed by atoms with Gasteiger partial charge in [0.05, 0.1) is 18.4 Å². The van der Waals surface area contributed by atoms with Crippen molar-refractivity contribution in [3.8, 4) is 5.69 Å². The van der Waals surface area contributed by atoms with Crippen molar-refractivity contribution < 1.29 is 4.79 Å². The molecular formula is C13H16N4O. The molecule has 0 spiro atoms. The van der Waals surface area contributed by atoms with Crippen LogP contribution in [0.2, 0.25) is 0 Å². The molecule has 0 bridgehead atoms. The first-order chi connectivity index (χ1) is 8.79. The molecule has 2 rings (SSSR count). The van der Waals surface area contributed by atoms with Crippen LogP contribution in [0.3, 0.4) is 0 Å². The number of para-hydroxylation sites is 1. The van der Waals surface area contributed by atoms with Crippen LogP contribution in [0, 0.1) is 0 Å². The van der Waals surface area contributed by atoms with Crippen molar-refractivity contribution in [1.29, 1.82) is 0 Å². The normalized spacial score (nSPS) is 10.3. The predicted molar refractivity (Wildman–Crippen MR) is 69.3 cm³/mol. The van der Waals surface area contributed by atoms with Gasteiger partial charge in [0, 0.05) is 18.3 Å². The van der Waals surface area contributed by atoms with Crippen LogP contribution >= 0.6 is 0 Å². The van der Waals surface area contributed by atoms with Gasteiger partial charge in [-0.05, 0) is 19.2 Å². The topological polar surface area (TPSA) is 59.0 Å². The highest BCUT2D eigenvalue weighted by molar-refractivity contribution is 5.77. The first-order valence-corrected chi connectivity index (χ1v) is 5.80. The van der Waals surface area contributed by atoms with Gasteiger partial charge in [0.25, 0.3) is 0 Å². The van der Waals surface area contributed by atoms with Gasteiger partial charge in [-0.15, -0.1) is 0 Å². The summed E-state index contributed by atoms with van der Waals surface area (Å²) in [5.74, 6) is -0.0232. The first-order valence-electron chi connectivity index (χ1n) is 5.80. The molecule has 0 saturated carbocycles. The second-order valence-electron chi connectivity index (χ2n) is 3.94. The van der Waals surface area contributed by atoms with Crippen LogP contribution in [0.1, 0.15) is 5.56 Å². The number of rotatable bonds is 5. The van der Waals surface area contributed by atoms with E-state index < -0.39 is 0 Å². The second kappa shape index (κ2) is 5.97. The van der Waals surface area contributed by atoms with E-state index in [1.54, 1.807) is 17.9 Å². The smallest absolute Gasteiger partial charge is 0.234 e. The Kier molecular flexibility index (Phi) is 4.09. The fourth-order valence-electron chi connectivity index (χ4n) is 1.60. The average molecular weight is 244 g/mol. The molecule has 1 aromatic carbocycles. The van der Waals surface area contributed by atoms with Crippen LogP contribution in [0.4, 0.5) is 0 Å². The van der Waals surface area contributed by atoms with E-state index in [0.717, 1.165) is 11.3 Å². The zero-order chi connectivity index (χ0) is 12.8. The summed E-state index contributed by atoms with van der Waals surface area (Å²) in [6, 6.07) is 9.86. The number of likely N-dealkylation sites (N-methyl/N-ethyl adjacent to an activating group) is 1. The van der Waals surface area contributed by atoms with E-state index >= 15 is 0 Å². The molecular weight excluding hydrogens is 228 g/mol. The summed E-state index contributed by atoms with van der Waals surface area (Å²) in [7, 11) is 1.74. The Morgan fingerprint density at radius 1 is 1.33 bits per heavy atom. The standard InChI is InChI=1S/C13H16N4O/c1-14-9-13(18)15-7-11-8-16-17(10-11)12-5-3-2-4-6-12/h2-6,8,10,14H,7,9H2,1H3,(H,15,18). The maximum absolute atomic E-state index is 11.3. The van der Waals surface area contributed by atoms with E-state index in [9.17, 15) is 4.79 Å². The maximum Gasteiger partial charge on any atom is 0.234 e. The summed E-state index contributed by atoms with van der Waals surface area (Å²) < 4.78 is 1.79. The maximum atomic E-state index is 11.3. The second-order valence-corrected chi connectivity index (χ2v) is 3.94. The number of amides is 1. The lowest BCUT2D eigenvalue weighted by atomic mass is 10.3. The number of hydrogen-bond acceptors (Lipinski definition) is 3. The Hall–Kier alpha value is -2.14. The van der Waals surface area contributed by atoms with Gasteiger partial charge >= 0.3 is 0 Å². The molecule has 1 amide bonds. The van der Waals surface area contributed by atoms with E-state index in [1.807, 2.05) is 36.5 Å². The molecule has 5 heteroatoms. The molecule has 1 heterocycles. The van der Waals surface area contributed by atoms with E-state index in [1.165, 1.54) is 0 Å². The lowest BCUT2D eigenvalue weighted by Gasteiger charge is -2.02. The third-order valence-electron chi connectivity index (χ3n) is 2.48. The molecule has 0 aliphatic carbocycles. The van der Waals surface area contributed by atoms with E-state index in [4.69, 9.17) is 0 Å². The van der Waals surface area contributed by atoms with Crippen molar-refractivity contribution in [3.05, 3.63) is 48.3 Å². The number of carbonyl (C=O) groups excluding carboxylic acids is 1. The number of hydrogen-bond donors (Lipinski definition) is 2. The molecule has 0 aliphatic heterocycles. The number of nitrogens with zero attached hydrogens (tertiary/aromatic N) is 2. The van der Waals surface area contributed by atoms with Crippen LogP contribution in [-0.4, -0.2) is 29.3 Å². The van der Waals surface area contributed by atoms with Crippen molar-refractivity contribution in [2.75, 3.05) is 13.6 Å². The highest BCUT2D eigenvalue weighted by atomic mass is 16.1. The molecule has 0 aliphatic rings. The summed E-state index contributed by atoms with van der Waals surface area (Å²) >= 11 is 0. The van der Waals surface area contributed by atoms with Crippen LogP contribution in [0.5, 0.6) is 0 Å². The third-order valence-corrected chi connectivity index (χ3v) is 2.48. The van der Waals surface area contributed by atoms with Crippen LogP contribution in [-0.2, 0) is 11.3 Å². The molecule has 0 atom stereocenters. The summed E-state index contributed by atoms with van der Waals surface area (Å²) in [5.41, 5.74) is 1.98. The van der Waals surface area contributed by atoms with Crippen molar-refractivity contribution in [1.82, 2.24) is 20.4 Å². The van der Waals surface area contributed by atoms with Crippen LogP contribution in [0.25, 0.3) is 5.69 Å². The number of aromatic nitrogens is 2. The monoisotopic (exact) mass is 244 g/mol. The van der Waals surface area contributed by atoms with Gasteiger partial charge in [-0.25, -0.2) is 4.68 Å². The lowest BCUT2D eigenvalue weighted by molar-refractivity contribution is -0.120. The van der Waals surface area contributed by atoms with E-state index in [-0.39, 0.29) is 5.91 Å². The minimum Gasteiger partial charge on any atom is -0.351 e. The largest absolute Gasteiger partial charge is 0.351 e. The fraction of sp³-hybridized carbons (Fsp3) is 0.231. The van der Waals surface area contributed by atoms with Crippen molar-refractivity contribution in [3.63, 3.8) is 0 Å². The molecule has 1 aromatic heterocycles. The Morgan fingerprint density at radius 2 is 2.11 bits per heavy atom. The highest BCUT2D eigenvalue weighted by Gasteiger charge is 2.02. The molecule has 0 saturated heterocycles. The van der Waals surface area contributed by atoms with Crippen molar-refractivity contribution >= 4 is 5.91 Å². The van der Waals surface area contributed by atoms with Gasteiger partial charge in [0.1, 0.15) is 0 Å². The zero-order valence-corrected chi connectivity index (χ0v) is 10.3. The highest BCUT2D eigenvalue weighted by Crippen LogP contribution is 2.07. The molecule has 18 heavy (non-hydrogen) atoms. The molecule has 0 unspecified atom stereocenters. The summed E-state index contributed by atoms with van der Waals surface area (Å²) in [4.78, 5) is 11.3. The third kappa shape index (κ3) is 3.18. The van der Waals surface area contributed by atoms with Gasteiger partial charge in [-0.1, -0.05) is 18.2 Å². The fourth-order valence-corrected chi connectivity index (χ4v) is 1.60. The molecule has 0 radical (unpaired) electrons. The molecule has 2 N–H and O–H groups in total. The van der Waals surface area contributed by atoms with Gasteiger partial charge in [-0.3, -0.25) is 4.79 Å². The van der Waals surface area contributed by atoms with E-state index in [2.05, 4.69) is 15.7 Å². The number of benzene rings is 1. The Balaban J connectivity index is 1.97. The summed E-state index contributed by atoms with van der Waals surface area (Å²) in [5, 5.41) is 9.87. The number of carbonyl (C=O) groups is 1. The first kappa shape index (κ1) is 12.3. The minimum absolute atomic E-state index is 0.0232. The van der Waals surface area contributed by atoms with Crippen molar-refractivity contribution in [2.24, 2.45) is 0 Å². The summed E-state index contributed by atoms with van der Waals surface area (Å²) in [6.07, 6.45) is 3.67. The van der Waals surface area contributed by atoms with Crippen LogP contribution < -0.4 is 10.6 Å². The lowest BCUT2D eigenvalue weighted by Crippen LogP contribution is -2.31. The van der Waals surface area contributed by atoms with Crippen LogP contribution in [0.15, 0.2) is 42.7 Å². The minimum atomic E-state index is -0.0232. The van der Waals surface area contributed by atoms with Gasteiger partial charge in [-0.2, -0.15) is 5.10 Å². The number of nitrogens with one attached hydrogen (secondary N) is 2. The van der Waals surface area contributed by atoms with E-state index in [0.29, 0.717) is 13.1 Å². The summed E-state index contributed by atoms with van der Waals surface area (Å²) in [6.45, 7) is 0.820. The van der Waals surface area contributed by atoms with Gasteiger partial charge < -0.3 is 10.6 Å². The Labute approximate surface area is 106 Å². The SMILES string of the molecule is CNCC(=O)NCc1cnn(-c2ccccc2)c1. The molecule has 0 fully saturated rings.